The maximum atomic E-state index is 13.2. The molecule has 3 aromatic heterocycles. The number of aryl methyl sites for hydroxylation is 1. The van der Waals surface area contributed by atoms with Crippen molar-refractivity contribution in [2.75, 3.05) is 23.4 Å². The van der Waals surface area contributed by atoms with Gasteiger partial charge in [0.2, 0.25) is 0 Å². The second kappa shape index (κ2) is 7.45. The molecule has 1 amide bonds. The van der Waals surface area contributed by atoms with Crippen molar-refractivity contribution in [2.24, 2.45) is 7.05 Å². The Hall–Kier alpha value is -3.66. The molecule has 10 heteroatoms. The molecule has 0 saturated carbocycles. The highest BCUT2D eigenvalue weighted by molar-refractivity contribution is 6.09. The molecule has 170 valence electrons. The number of benzene rings is 1. The minimum atomic E-state index is -0.296. The van der Waals surface area contributed by atoms with Crippen molar-refractivity contribution in [3.05, 3.63) is 42.5 Å². The highest BCUT2D eigenvalue weighted by Crippen LogP contribution is 2.33. The van der Waals surface area contributed by atoms with Crippen LogP contribution < -0.4 is 15.0 Å². The van der Waals surface area contributed by atoms with Crippen molar-refractivity contribution in [1.82, 2.24) is 24.4 Å². The second-order valence-corrected chi connectivity index (χ2v) is 8.97. The number of carbonyl (C=O) groups is 1. The molecular formula is C23H25N7O3. The minimum Gasteiger partial charge on any atom is -0.489 e. The molecule has 6 rings (SSSR count). The molecule has 2 atom stereocenters. The maximum absolute atomic E-state index is 13.2. The normalized spacial score (nSPS) is 19.8. The zero-order chi connectivity index (χ0) is 22.7. The number of carbonyl (C=O) groups excluding carboxylic acids is 1. The topological polar surface area (TPSA) is 98.8 Å². The lowest BCUT2D eigenvalue weighted by molar-refractivity contribution is 0.0991. The van der Waals surface area contributed by atoms with Gasteiger partial charge in [-0.05, 0) is 26.3 Å². The molecule has 2 bridgehead atoms. The third-order valence-corrected chi connectivity index (χ3v) is 6.15. The summed E-state index contributed by atoms with van der Waals surface area (Å²) in [6, 6.07) is 4.10. The first-order valence-corrected chi connectivity index (χ1v) is 11.1. The Morgan fingerprint density at radius 3 is 2.91 bits per heavy atom. The van der Waals surface area contributed by atoms with E-state index in [1.807, 2.05) is 51.6 Å². The molecule has 4 aromatic rings. The Labute approximate surface area is 190 Å². The lowest BCUT2D eigenvalue weighted by Crippen LogP contribution is -2.37. The van der Waals surface area contributed by atoms with Crippen LogP contribution in [0, 0.1) is 0 Å². The van der Waals surface area contributed by atoms with Crippen LogP contribution in [0.2, 0.25) is 0 Å². The van der Waals surface area contributed by atoms with Gasteiger partial charge in [-0.2, -0.15) is 10.2 Å². The van der Waals surface area contributed by atoms with Crippen molar-refractivity contribution in [1.29, 1.82) is 0 Å². The molecule has 2 fully saturated rings. The molecule has 0 aliphatic carbocycles. The van der Waals surface area contributed by atoms with Crippen LogP contribution in [0.4, 0.5) is 11.4 Å². The molecule has 0 radical (unpaired) electrons. The van der Waals surface area contributed by atoms with Gasteiger partial charge in [0.15, 0.2) is 5.65 Å². The average Bonchev–Trinajstić information content (AvgIpc) is 3.55. The SMILES string of the molecule is CC(C)Oc1cc2nn(C)cc2cc1NC(=O)c1cnn2cc(N3CC4CC3CO4)cnc12. The standard InChI is InChI=1S/C23H25N7O3/c1-13(2)33-21-6-19-14(9-28(3)27-19)4-20(21)26-23(31)18-8-25-30-10-16(7-24-22(18)30)29-11-17-5-15(29)12-32-17/h4,6-10,13,15,17H,5,11-12H2,1-3H3,(H,26,31). The van der Waals surface area contributed by atoms with Gasteiger partial charge in [0.05, 0.1) is 60.3 Å². The van der Waals surface area contributed by atoms with Gasteiger partial charge in [0.25, 0.3) is 5.91 Å². The van der Waals surface area contributed by atoms with E-state index in [-0.39, 0.29) is 12.0 Å². The van der Waals surface area contributed by atoms with Crippen LogP contribution in [-0.4, -0.2) is 61.7 Å². The molecule has 2 aliphatic heterocycles. The van der Waals surface area contributed by atoms with E-state index in [4.69, 9.17) is 9.47 Å². The summed E-state index contributed by atoms with van der Waals surface area (Å²) in [4.78, 5) is 20.1. The van der Waals surface area contributed by atoms with Crippen molar-refractivity contribution >= 4 is 33.8 Å². The van der Waals surface area contributed by atoms with Gasteiger partial charge in [0, 0.05) is 31.2 Å². The van der Waals surface area contributed by atoms with Gasteiger partial charge >= 0.3 is 0 Å². The summed E-state index contributed by atoms with van der Waals surface area (Å²) in [6.45, 7) is 5.50. The van der Waals surface area contributed by atoms with Crippen LogP contribution in [0.5, 0.6) is 5.75 Å². The van der Waals surface area contributed by atoms with Crippen LogP contribution in [0.3, 0.4) is 0 Å². The van der Waals surface area contributed by atoms with Gasteiger partial charge in [-0.1, -0.05) is 0 Å². The van der Waals surface area contributed by atoms with E-state index in [9.17, 15) is 4.79 Å². The number of nitrogens with one attached hydrogen (secondary N) is 1. The number of morpholine rings is 1. The first kappa shape index (κ1) is 20.0. The Kier molecular flexibility index (Phi) is 4.51. The van der Waals surface area contributed by atoms with Crippen LogP contribution in [0.1, 0.15) is 30.6 Å². The smallest absolute Gasteiger partial charge is 0.261 e. The summed E-state index contributed by atoms with van der Waals surface area (Å²) in [7, 11) is 1.86. The summed E-state index contributed by atoms with van der Waals surface area (Å²) in [5, 5.41) is 12.7. The maximum Gasteiger partial charge on any atom is 0.261 e. The predicted molar refractivity (Wildman–Crippen MR) is 123 cm³/mol. The molecule has 1 N–H and O–H groups in total. The van der Waals surface area contributed by atoms with E-state index >= 15 is 0 Å². The highest BCUT2D eigenvalue weighted by atomic mass is 16.5. The van der Waals surface area contributed by atoms with Gasteiger partial charge in [-0.15, -0.1) is 0 Å². The van der Waals surface area contributed by atoms with Crippen molar-refractivity contribution < 1.29 is 14.3 Å². The molecule has 10 nitrogen and oxygen atoms in total. The Balaban J connectivity index is 1.30. The zero-order valence-electron chi connectivity index (χ0n) is 18.7. The third kappa shape index (κ3) is 3.46. The summed E-state index contributed by atoms with van der Waals surface area (Å²) >= 11 is 0. The van der Waals surface area contributed by atoms with E-state index in [1.165, 1.54) is 0 Å². The fourth-order valence-electron chi connectivity index (χ4n) is 4.70. The van der Waals surface area contributed by atoms with Crippen LogP contribution >= 0.6 is 0 Å². The van der Waals surface area contributed by atoms with E-state index < -0.39 is 0 Å². The van der Waals surface area contributed by atoms with E-state index in [2.05, 4.69) is 25.4 Å². The van der Waals surface area contributed by atoms with E-state index in [1.54, 1.807) is 15.4 Å². The summed E-state index contributed by atoms with van der Waals surface area (Å²) in [6.07, 6.45) is 8.48. The molecule has 2 unspecified atom stereocenters. The first-order chi connectivity index (χ1) is 15.9. The number of amides is 1. The van der Waals surface area contributed by atoms with Crippen LogP contribution in [0.25, 0.3) is 16.6 Å². The van der Waals surface area contributed by atoms with E-state index in [0.717, 1.165) is 36.2 Å². The molecule has 5 heterocycles. The quantitative estimate of drug-likeness (QED) is 0.502. The summed E-state index contributed by atoms with van der Waals surface area (Å²) < 4.78 is 15.0. The third-order valence-electron chi connectivity index (χ3n) is 6.15. The predicted octanol–water partition coefficient (Wildman–Crippen LogP) is 2.63. The molecule has 1 aromatic carbocycles. The number of anilines is 2. The second-order valence-electron chi connectivity index (χ2n) is 8.97. The first-order valence-electron chi connectivity index (χ1n) is 11.1. The summed E-state index contributed by atoms with van der Waals surface area (Å²) in [5.74, 6) is 0.276. The van der Waals surface area contributed by atoms with E-state index in [0.29, 0.717) is 34.8 Å². The van der Waals surface area contributed by atoms with Crippen LogP contribution in [0.15, 0.2) is 36.9 Å². The fraction of sp³-hybridized carbons (Fsp3) is 0.391. The van der Waals surface area contributed by atoms with Gasteiger partial charge in [-0.25, -0.2) is 9.50 Å². The molecular weight excluding hydrogens is 422 g/mol. The number of rotatable bonds is 5. The minimum absolute atomic E-state index is 0.0508. The van der Waals surface area contributed by atoms with Crippen molar-refractivity contribution in [3.63, 3.8) is 0 Å². The van der Waals surface area contributed by atoms with Crippen molar-refractivity contribution in [3.8, 4) is 5.75 Å². The number of hydrogen-bond acceptors (Lipinski definition) is 7. The zero-order valence-corrected chi connectivity index (χ0v) is 18.7. The van der Waals surface area contributed by atoms with Gasteiger partial charge in [0.1, 0.15) is 11.3 Å². The largest absolute Gasteiger partial charge is 0.489 e. The molecule has 2 aliphatic rings. The fourth-order valence-corrected chi connectivity index (χ4v) is 4.70. The Morgan fingerprint density at radius 1 is 1.27 bits per heavy atom. The number of aromatic nitrogens is 5. The Morgan fingerprint density at radius 2 is 2.15 bits per heavy atom. The highest BCUT2D eigenvalue weighted by Gasteiger charge is 2.39. The van der Waals surface area contributed by atoms with Crippen LogP contribution in [-0.2, 0) is 11.8 Å². The monoisotopic (exact) mass is 447 g/mol. The average molecular weight is 447 g/mol. The van der Waals surface area contributed by atoms with Gasteiger partial charge < -0.3 is 19.7 Å². The number of nitrogens with zero attached hydrogens (tertiary/aromatic N) is 6. The molecule has 33 heavy (non-hydrogen) atoms. The lowest BCUT2D eigenvalue weighted by atomic mass is 10.2. The number of ether oxygens (including phenoxy) is 2. The number of fused-ring (bicyclic) bond motifs is 4. The van der Waals surface area contributed by atoms with Gasteiger partial charge in [-0.3, -0.25) is 9.48 Å². The Bertz CT molecular complexity index is 1380. The van der Waals surface area contributed by atoms with Crippen molar-refractivity contribution in [2.45, 2.75) is 38.5 Å². The molecule has 0 spiro atoms. The number of hydrogen-bond donors (Lipinski definition) is 1. The lowest BCUT2D eigenvalue weighted by Gasteiger charge is -2.28. The molecule has 2 saturated heterocycles. The summed E-state index contributed by atoms with van der Waals surface area (Å²) in [5.41, 5.74) is 3.28.